The fourth-order valence-electron chi connectivity index (χ4n) is 6.43. The summed E-state index contributed by atoms with van der Waals surface area (Å²) < 4.78 is 11.7. The summed E-state index contributed by atoms with van der Waals surface area (Å²) in [6, 6.07) is 14.6. The molecule has 1 atom stereocenters. The minimum atomic E-state index is -1.08. The van der Waals surface area contributed by atoms with Gasteiger partial charge in [0.1, 0.15) is 5.75 Å². The summed E-state index contributed by atoms with van der Waals surface area (Å²) >= 11 is 5.91. The second-order valence-electron chi connectivity index (χ2n) is 15.2. The predicted molar refractivity (Wildman–Crippen MR) is 248 cm³/mol. The summed E-state index contributed by atoms with van der Waals surface area (Å²) in [7, 11) is 0. The number of hydrogen-bond donors (Lipinski definition) is 3. The third kappa shape index (κ3) is 22.1. The van der Waals surface area contributed by atoms with Crippen molar-refractivity contribution in [2.75, 3.05) is 45.9 Å². The fourth-order valence-corrected chi connectivity index (χ4v) is 6.55. The Labute approximate surface area is 365 Å². The van der Waals surface area contributed by atoms with E-state index in [9.17, 15) is 14.4 Å². The maximum Gasteiger partial charge on any atom is 0.263 e. The molecule has 0 bridgehead atoms. The van der Waals surface area contributed by atoms with E-state index in [2.05, 4.69) is 101 Å². The minimum absolute atomic E-state index is 0.0522. The number of halogens is 1. The van der Waals surface area contributed by atoms with Crippen LogP contribution >= 0.6 is 11.6 Å². The van der Waals surface area contributed by atoms with Gasteiger partial charge in [-0.2, -0.15) is 0 Å². The first-order valence-corrected chi connectivity index (χ1v) is 22.1. The van der Waals surface area contributed by atoms with Crippen LogP contribution in [0.1, 0.15) is 101 Å². The van der Waals surface area contributed by atoms with E-state index in [1.54, 1.807) is 38.1 Å². The van der Waals surface area contributed by atoms with Crippen LogP contribution in [-0.2, 0) is 20.7 Å². The molecule has 1 unspecified atom stereocenters. The smallest absolute Gasteiger partial charge is 0.263 e. The number of carbonyl (C=O) groups is 3. The van der Waals surface area contributed by atoms with Gasteiger partial charge in [0.05, 0.1) is 13.2 Å². The number of ether oxygens (including phenoxy) is 2. The van der Waals surface area contributed by atoms with Crippen LogP contribution in [0.15, 0.2) is 121 Å². The van der Waals surface area contributed by atoms with Gasteiger partial charge in [-0.25, -0.2) is 0 Å². The van der Waals surface area contributed by atoms with Crippen LogP contribution < -0.4 is 20.7 Å². The van der Waals surface area contributed by atoms with Crippen molar-refractivity contribution in [1.82, 2.24) is 20.9 Å². The average Bonchev–Trinajstić information content (AvgIpc) is 3.25. The van der Waals surface area contributed by atoms with Crippen LogP contribution in [0.25, 0.3) is 0 Å². The van der Waals surface area contributed by atoms with Crippen LogP contribution in [0.4, 0.5) is 0 Å². The van der Waals surface area contributed by atoms with Crippen LogP contribution in [0.5, 0.6) is 5.75 Å². The molecule has 0 aliphatic carbocycles. The van der Waals surface area contributed by atoms with Gasteiger partial charge < -0.3 is 25.4 Å². The van der Waals surface area contributed by atoms with Gasteiger partial charge in [0, 0.05) is 55.8 Å². The molecule has 10 heteroatoms. The molecule has 2 aromatic rings. The van der Waals surface area contributed by atoms with E-state index in [1.165, 1.54) is 0 Å². The monoisotopic (exact) mass is 840 g/mol. The zero-order valence-corrected chi connectivity index (χ0v) is 37.0. The first-order chi connectivity index (χ1) is 29.2. The Bertz CT molecular complexity index is 1710. The van der Waals surface area contributed by atoms with Crippen molar-refractivity contribution >= 4 is 29.3 Å². The lowest BCUT2D eigenvalue weighted by Crippen LogP contribution is -2.49. The average molecular weight is 842 g/mol. The number of nitrogens with one attached hydrogen (secondary N) is 3. The van der Waals surface area contributed by atoms with Gasteiger partial charge in [-0.05, 0) is 120 Å². The topological polar surface area (TPSA) is 109 Å². The Hall–Kier alpha value is -4.70. The summed E-state index contributed by atoms with van der Waals surface area (Å²) in [4.78, 5) is 40.6. The molecule has 9 nitrogen and oxygen atoms in total. The molecule has 326 valence electrons. The zero-order chi connectivity index (χ0) is 43.1. The summed E-state index contributed by atoms with van der Waals surface area (Å²) in [6.07, 6.45) is 35.3. The van der Waals surface area contributed by atoms with Gasteiger partial charge in [0.15, 0.2) is 5.60 Å². The highest BCUT2D eigenvalue weighted by Crippen LogP contribution is 2.20. The molecule has 0 aromatic heterocycles. The van der Waals surface area contributed by atoms with E-state index in [4.69, 9.17) is 21.1 Å². The summed E-state index contributed by atoms with van der Waals surface area (Å²) in [5.74, 6) is 0.300. The molecule has 1 heterocycles. The number of carbonyl (C=O) groups excluding carboxylic acids is 3. The Kier molecular flexibility index (Phi) is 25.1. The number of amides is 3. The van der Waals surface area contributed by atoms with Crippen molar-refractivity contribution in [1.29, 1.82) is 0 Å². The van der Waals surface area contributed by atoms with Gasteiger partial charge in [0.25, 0.3) is 11.8 Å². The van der Waals surface area contributed by atoms with Crippen molar-refractivity contribution in [2.24, 2.45) is 0 Å². The summed E-state index contributed by atoms with van der Waals surface area (Å²) in [6.45, 7) is 10.2. The second kappa shape index (κ2) is 30.3. The normalized spacial score (nSPS) is 14.6. The number of benzene rings is 2. The zero-order valence-electron chi connectivity index (χ0n) is 36.2. The van der Waals surface area contributed by atoms with E-state index in [1.807, 2.05) is 24.3 Å². The van der Waals surface area contributed by atoms with Gasteiger partial charge in [-0.15, -0.1) is 0 Å². The van der Waals surface area contributed by atoms with Gasteiger partial charge in [0.2, 0.25) is 5.91 Å². The maximum atomic E-state index is 13.3. The summed E-state index contributed by atoms with van der Waals surface area (Å²) in [5, 5.41) is 9.69. The lowest BCUT2D eigenvalue weighted by molar-refractivity contribution is -0.134. The van der Waals surface area contributed by atoms with Gasteiger partial charge >= 0.3 is 0 Å². The Morgan fingerprint density at radius 3 is 1.82 bits per heavy atom. The van der Waals surface area contributed by atoms with E-state index in [0.29, 0.717) is 68.4 Å². The van der Waals surface area contributed by atoms with Crippen molar-refractivity contribution in [3.8, 4) is 5.75 Å². The number of morpholine rings is 1. The van der Waals surface area contributed by atoms with Crippen molar-refractivity contribution in [3.63, 3.8) is 0 Å². The van der Waals surface area contributed by atoms with Crippen molar-refractivity contribution in [3.05, 3.63) is 138 Å². The highest BCUT2D eigenvalue weighted by molar-refractivity contribution is 6.30. The number of allylic oxidation sites excluding steroid dienone is 12. The molecular formula is C50H69ClN4O5. The Morgan fingerprint density at radius 1 is 0.717 bits per heavy atom. The first kappa shape index (κ1) is 49.7. The fraction of sp³-hybridized carbons (Fsp3) is 0.460. The molecule has 1 aliphatic rings. The Balaban J connectivity index is 1.29. The molecule has 3 N–H and O–H groups in total. The van der Waals surface area contributed by atoms with Crippen LogP contribution in [0.2, 0.25) is 5.02 Å². The molecule has 0 saturated carbocycles. The van der Waals surface area contributed by atoms with Crippen LogP contribution in [0.3, 0.4) is 0 Å². The van der Waals surface area contributed by atoms with E-state index < -0.39 is 5.60 Å². The Morgan fingerprint density at radius 2 is 1.25 bits per heavy atom. The number of hydrogen-bond acceptors (Lipinski definition) is 6. The van der Waals surface area contributed by atoms with Crippen LogP contribution in [0, 0.1) is 0 Å². The molecule has 0 radical (unpaired) electrons. The molecule has 0 spiro atoms. The van der Waals surface area contributed by atoms with Crippen LogP contribution in [-0.4, -0.2) is 80.2 Å². The first-order valence-electron chi connectivity index (χ1n) is 21.8. The third-order valence-corrected chi connectivity index (χ3v) is 10.2. The van der Waals surface area contributed by atoms with E-state index in [0.717, 1.165) is 70.0 Å². The molecule has 1 fully saturated rings. The van der Waals surface area contributed by atoms with Crippen molar-refractivity contribution in [2.45, 2.75) is 103 Å². The molecule has 2 aromatic carbocycles. The highest BCUT2D eigenvalue weighted by atomic mass is 35.5. The summed E-state index contributed by atoms with van der Waals surface area (Å²) in [5.41, 5.74) is 0.517. The van der Waals surface area contributed by atoms with Crippen molar-refractivity contribution < 1.29 is 23.9 Å². The lowest BCUT2D eigenvalue weighted by atomic mass is 10.1. The van der Waals surface area contributed by atoms with E-state index >= 15 is 0 Å². The maximum absolute atomic E-state index is 13.3. The predicted octanol–water partition coefficient (Wildman–Crippen LogP) is 9.66. The quantitative estimate of drug-likeness (QED) is 0.0737. The van der Waals surface area contributed by atoms with Gasteiger partial charge in [-0.1, -0.05) is 104 Å². The molecule has 1 aliphatic heterocycles. The molecule has 3 amide bonds. The molecule has 1 saturated heterocycles. The lowest BCUT2D eigenvalue weighted by Gasteiger charge is -2.35. The SMILES string of the molecule is CCC=CCC=CCC=CCC=CCC=CCC=CCCC(=O)NCCC(CCNC(=O)C(C)(C)Oc1ccc(CCNC(=O)c2ccc(Cl)cc2)cc1)N1CCOCC1. The number of rotatable bonds is 28. The minimum Gasteiger partial charge on any atom is -0.478 e. The molecule has 60 heavy (non-hydrogen) atoms. The third-order valence-electron chi connectivity index (χ3n) is 9.91. The standard InChI is InChI=1S/C50H69ClN4O5/c1-4-5-6-7-8-9-10-11-12-13-14-15-16-17-18-19-20-21-22-23-47(56)52-36-33-45(55-38-40-59-41-39-55)34-37-54-49(58)50(2,3)60-46-30-24-42(25-31-46)32-35-53-48(57)43-26-28-44(51)29-27-43/h5-6,8-9,11-12,14-15,17-18,20-21,24-31,45H,4,7,10,13,16,19,22-23,32-41H2,1-3H3,(H,52,56)(H,53,57)(H,54,58). The molecular weight excluding hydrogens is 772 g/mol. The highest BCUT2D eigenvalue weighted by Gasteiger charge is 2.30. The largest absolute Gasteiger partial charge is 0.478 e. The number of nitrogens with zero attached hydrogens (tertiary/aromatic N) is 1. The van der Waals surface area contributed by atoms with E-state index in [-0.39, 0.29) is 23.8 Å². The second-order valence-corrected chi connectivity index (χ2v) is 15.6. The van der Waals surface area contributed by atoms with Gasteiger partial charge in [-0.3, -0.25) is 19.3 Å². The molecule has 3 rings (SSSR count).